The van der Waals surface area contributed by atoms with Gasteiger partial charge in [-0.3, -0.25) is 14.9 Å². The third-order valence-electron chi connectivity index (χ3n) is 1.23. The molecule has 0 rings (SSSR count). The third-order valence-corrected chi connectivity index (χ3v) is 1.23. The van der Waals surface area contributed by atoms with Gasteiger partial charge in [0.15, 0.2) is 0 Å². The minimum Gasteiger partial charge on any atom is -0.466 e. The van der Waals surface area contributed by atoms with E-state index in [4.69, 9.17) is 0 Å². The highest BCUT2D eigenvalue weighted by molar-refractivity contribution is 5.71. The van der Waals surface area contributed by atoms with Crippen LogP contribution in [0.1, 0.15) is 19.8 Å². The molecular formula is C8H13NO4. The van der Waals surface area contributed by atoms with Crippen LogP contribution in [0.25, 0.3) is 0 Å². The molecule has 5 nitrogen and oxygen atoms in total. The van der Waals surface area contributed by atoms with Crippen LogP contribution in [0.15, 0.2) is 12.2 Å². The maximum absolute atomic E-state index is 10.7. The number of carbonyl (C=O) groups excluding carboxylic acids is 1. The van der Waals surface area contributed by atoms with E-state index in [2.05, 4.69) is 4.74 Å². The molecule has 74 valence electrons. The van der Waals surface area contributed by atoms with Crippen molar-refractivity contribution in [2.75, 3.05) is 13.2 Å². The third kappa shape index (κ3) is 8.52. The Balaban J connectivity index is 3.40. The lowest BCUT2D eigenvalue weighted by Gasteiger charge is -1.95. The highest BCUT2D eigenvalue weighted by Crippen LogP contribution is 1.91. The molecule has 13 heavy (non-hydrogen) atoms. The molecule has 0 atom stereocenters. The predicted molar refractivity (Wildman–Crippen MR) is 46.9 cm³/mol. The van der Waals surface area contributed by atoms with Crippen molar-refractivity contribution in [3.8, 4) is 0 Å². The van der Waals surface area contributed by atoms with Crippen molar-refractivity contribution in [2.24, 2.45) is 0 Å². The Kier molecular flexibility index (Phi) is 6.49. The summed E-state index contributed by atoms with van der Waals surface area (Å²) in [6.45, 7) is 2.00. The number of rotatable bonds is 6. The first-order chi connectivity index (χ1) is 6.16. The van der Waals surface area contributed by atoms with Crippen LogP contribution in [0.2, 0.25) is 0 Å². The quantitative estimate of drug-likeness (QED) is 0.271. The van der Waals surface area contributed by atoms with Crippen LogP contribution in [0, 0.1) is 10.1 Å². The molecule has 0 aromatic rings. The normalized spacial score (nSPS) is 10.2. The number of carbonyl (C=O) groups is 1. The second-order valence-corrected chi connectivity index (χ2v) is 2.33. The van der Waals surface area contributed by atoms with Gasteiger partial charge in [0, 0.05) is 11.3 Å². The lowest BCUT2D eigenvalue weighted by molar-refractivity contribution is -0.478. The first kappa shape index (κ1) is 11.6. The molecule has 0 aromatic heterocycles. The molecule has 0 saturated heterocycles. The summed E-state index contributed by atoms with van der Waals surface area (Å²) < 4.78 is 4.65. The number of nitro groups is 1. The van der Waals surface area contributed by atoms with Gasteiger partial charge in [0.2, 0.25) is 6.54 Å². The predicted octanol–water partition coefficient (Wildman–Crippen LogP) is 1.16. The molecule has 0 aliphatic heterocycles. The molecule has 5 heteroatoms. The van der Waals surface area contributed by atoms with E-state index >= 15 is 0 Å². The van der Waals surface area contributed by atoms with Gasteiger partial charge in [-0.15, -0.1) is 0 Å². The van der Waals surface area contributed by atoms with E-state index in [1.807, 2.05) is 0 Å². The van der Waals surface area contributed by atoms with Crippen molar-refractivity contribution in [2.45, 2.75) is 19.8 Å². The number of ether oxygens (including phenoxy) is 1. The second-order valence-electron chi connectivity index (χ2n) is 2.33. The lowest BCUT2D eigenvalue weighted by Crippen LogP contribution is -2.02. The van der Waals surface area contributed by atoms with Gasteiger partial charge in [-0.2, -0.15) is 0 Å². The lowest BCUT2D eigenvalue weighted by atomic mass is 10.3. The van der Waals surface area contributed by atoms with Crippen LogP contribution >= 0.6 is 0 Å². The molecule has 0 N–H and O–H groups in total. The average molecular weight is 187 g/mol. The van der Waals surface area contributed by atoms with Crippen molar-refractivity contribution in [1.82, 2.24) is 0 Å². The van der Waals surface area contributed by atoms with Crippen molar-refractivity contribution >= 4 is 5.97 Å². The van der Waals surface area contributed by atoms with Crippen LogP contribution in [0.3, 0.4) is 0 Å². The van der Waals surface area contributed by atoms with Gasteiger partial charge in [0.1, 0.15) is 0 Å². The molecule has 0 unspecified atom stereocenters. The number of esters is 1. The zero-order chi connectivity index (χ0) is 10.1. The molecule has 0 aromatic carbocycles. The largest absolute Gasteiger partial charge is 0.466 e. The van der Waals surface area contributed by atoms with Gasteiger partial charge in [-0.25, -0.2) is 0 Å². The summed E-state index contributed by atoms with van der Waals surface area (Å²) in [5.41, 5.74) is 0. The van der Waals surface area contributed by atoms with Crippen LogP contribution in [-0.4, -0.2) is 24.0 Å². The summed E-state index contributed by atoms with van der Waals surface area (Å²) in [6, 6.07) is 0. The molecule has 0 aliphatic carbocycles. The van der Waals surface area contributed by atoms with Gasteiger partial charge >= 0.3 is 5.97 Å². The van der Waals surface area contributed by atoms with Crippen molar-refractivity contribution in [3.05, 3.63) is 22.3 Å². The van der Waals surface area contributed by atoms with Crippen molar-refractivity contribution in [3.63, 3.8) is 0 Å². The zero-order valence-electron chi connectivity index (χ0n) is 7.56. The fourth-order valence-corrected chi connectivity index (χ4v) is 0.697. The van der Waals surface area contributed by atoms with Gasteiger partial charge in [-0.1, -0.05) is 12.2 Å². The van der Waals surface area contributed by atoms with Crippen LogP contribution in [0.4, 0.5) is 0 Å². The highest BCUT2D eigenvalue weighted by atomic mass is 16.6. The smallest absolute Gasteiger partial charge is 0.309 e. The Labute approximate surface area is 76.5 Å². The summed E-state index contributed by atoms with van der Waals surface area (Å²) >= 11 is 0. The Morgan fingerprint density at radius 3 is 2.77 bits per heavy atom. The summed E-state index contributed by atoms with van der Waals surface area (Å²) in [6.07, 6.45) is 3.74. The Morgan fingerprint density at radius 2 is 2.23 bits per heavy atom. The van der Waals surface area contributed by atoms with Crippen LogP contribution in [0.5, 0.6) is 0 Å². The van der Waals surface area contributed by atoms with Gasteiger partial charge in [0.05, 0.1) is 13.0 Å². The Bertz CT molecular complexity index is 200. The van der Waals surface area contributed by atoms with Crippen molar-refractivity contribution < 1.29 is 14.5 Å². The molecule has 0 spiro atoms. The van der Waals surface area contributed by atoms with E-state index in [-0.39, 0.29) is 18.9 Å². The molecule has 0 amide bonds. The standard InChI is InChI=1S/C8H13NO4/c1-2-13-8(10)6-4-3-5-7-9(11)12/h3-4H,2,5-7H2,1H3. The van der Waals surface area contributed by atoms with Crippen LogP contribution in [-0.2, 0) is 9.53 Å². The molecule has 0 bridgehead atoms. The Morgan fingerprint density at radius 1 is 1.54 bits per heavy atom. The minimum atomic E-state index is -0.394. The summed E-state index contributed by atoms with van der Waals surface area (Å²) in [4.78, 5) is 20.2. The van der Waals surface area contributed by atoms with E-state index in [1.54, 1.807) is 19.1 Å². The van der Waals surface area contributed by atoms with Crippen molar-refractivity contribution in [1.29, 1.82) is 0 Å². The summed E-state index contributed by atoms with van der Waals surface area (Å²) in [5, 5.41) is 9.88. The Hall–Kier alpha value is -1.39. The maximum Gasteiger partial charge on any atom is 0.309 e. The first-order valence-corrected chi connectivity index (χ1v) is 4.09. The molecule has 0 aliphatic rings. The van der Waals surface area contributed by atoms with E-state index in [1.165, 1.54) is 0 Å². The number of hydrogen-bond donors (Lipinski definition) is 0. The van der Waals surface area contributed by atoms with E-state index in [0.29, 0.717) is 13.0 Å². The van der Waals surface area contributed by atoms with E-state index in [9.17, 15) is 14.9 Å². The molecule has 0 heterocycles. The topological polar surface area (TPSA) is 69.4 Å². The maximum atomic E-state index is 10.7. The second kappa shape index (κ2) is 7.27. The fourth-order valence-electron chi connectivity index (χ4n) is 0.697. The average Bonchev–Trinajstić information content (AvgIpc) is 2.03. The van der Waals surface area contributed by atoms with E-state index < -0.39 is 4.92 Å². The zero-order valence-corrected chi connectivity index (χ0v) is 7.56. The SMILES string of the molecule is CCOC(=O)CC=CCC[N+](=O)[O-]. The number of nitrogens with zero attached hydrogens (tertiary/aromatic N) is 1. The highest BCUT2D eigenvalue weighted by Gasteiger charge is 1.96. The fraction of sp³-hybridized carbons (Fsp3) is 0.625. The molecular weight excluding hydrogens is 174 g/mol. The molecule has 0 saturated carbocycles. The molecule has 0 fully saturated rings. The summed E-state index contributed by atoms with van der Waals surface area (Å²) in [7, 11) is 0. The first-order valence-electron chi connectivity index (χ1n) is 4.09. The van der Waals surface area contributed by atoms with Crippen LogP contribution < -0.4 is 0 Å². The molecule has 0 radical (unpaired) electrons. The monoisotopic (exact) mass is 187 g/mol. The van der Waals surface area contributed by atoms with Gasteiger partial charge in [0.25, 0.3) is 0 Å². The number of hydrogen-bond acceptors (Lipinski definition) is 4. The van der Waals surface area contributed by atoms with E-state index in [0.717, 1.165) is 0 Å². The van der Waals surface area contributed by atoms with Gasteiger partial charge < -0.3 is 4.74 Å². The summed E-state index contributed by atoms with van der Waals surface area (Å²) in [5.74, 6) is -0.306. The minimum absolute atomic E-state index is 0.0979. The van der Waals surface area contributed by atoms with Gasteiger partial charge in [-0.05, 0) is 6.92 Å².